The highest BCUT2D eigenvalue weighted by Crippen LogP contribution is 2.23. The zero-order valence-corrected chi connectivity index (χ0v) is 13.7. The van der Waals surface area contributed by atoms with Gasteiger partial charge in [0.05, 0.1) is 11.5 Å². The van der Waals surface area contributed by atoms with Crippen molar-refractivity contribution in [3.8, 4) is 0 Å². The Morgan fingerprint density at radius 3 is 2.84 bits per heavy atom. The number of nitrogens with one attached hydrogen (secondary N) is 1. The van der Waals surface area contributed by atoms with Crippen LogP contribution < -0.4 is 5.32 Å². The molecule has 0 aliphatic heterocycles. The molecule has 9 heteroatoms. The van der Waals surface area contributed by atoms with Crippen molar-refractivity contribution in [2.45, 2.75) is 13.5 Å². The van der Waals surface area contributed by atoms with Crippen LogP contribution in [0.4, 0.5) is 11.4 Å². The Balaban J connectivity index is 1.83. The van der Waals surface area contributed by atoms with Crippen LogP contribution in [0.2, 0.25) is 0 Å². The molecule has 9 nitrogen and oxygen atoms in total. The molecule has 25 heavy (non-hydrogen) atoms. The van der Waals surface area contributed by atoms with Crippen LogP contribution in [0.5, 0.6) is 0 Å². The Bertz CT molecular complexity index is 930. The maximum Gasteiger partial charge on any atom is 0.322 e. The molecule has 0 saturated heterocycles. The Labute approximate surface area is 143 Å². The highest BCUT2D eigenvalue weighted by Gasteiger charge is 2.29. The Morgan fingerprint density at radius 2 is 2.16 bits per heavy atom. The van der Waals surface area contributed by atoms with E-state index in [0.29, 0.717) is 12.2 Å². The highest BCUT2D eigenvalue weighted by molar-refractivity contribution is 6.06. The average Bonchev–Trinajstić information content (AvgIpc) is 3.14. The fraction of sp³-hybridized carbons (Fsp3) is 0.188. The molecule has 3 aromatic rings. The molecule has 128 valence electrons. The molecule has 2 aromatic heterocycles. The fourth-order valence-corrected chi connectivity index (χ4v) is 2.64. The second kappa shape index (κ2) is 6.56. The van der Waals surface area contributed by atoms with E-state index >= 15 is 0 Å². The van der Waals surface area contributed by atoms with Crippen LogP contribution >= 0.6 is 0 Å². The van der Waals surface area contributed by atoms with Gasteiger partial charge in [0.2, 0.25) is 5.69 Å². The second-order valence-corrected chi connectivity index (χ2v) is 5.52. The number of hydrogen-bond donors (Lipinski definition) is 1. The summed E-state index contributed by atoms with van der Waals surface area (Å²) >= 11 is 0. The molecule has 0 unspecified atom stereocenters. The van der Waals surface area contributed by atoms with Gasteiger partial charge in [-0.15, -0.1) is 0 Å². The van der Waals surface area contributed by atoms with Crippen molar-refractivity contribution in [1.82, 2.24) is 19.6 Å². The number of amides is 1. The van der Waals surface area contributed by atoms with Gasteiger partial charge >= 0.3 is 5.69 Å². The first-order chi connectivity index (χ1) is 12.0. The summed E-state index contributed by atoms with van der Waals surface area (Å²) in [6.07, 6.45) is 3.53. The van der Waals surface area contributed by atoms with Gasteiger partial charge in [-0.25, -0.2) is 0 Å². The molecule has 0 radical (unpaired) electrons. The van der Waals surface area contributed by atoms with Gasteiger partial charge in [-0.1, -0.05) is 12.1 Å². The Hall–Kier alpha value is -3.49. The second-order valence-electron chi connectivity index (χ2n) is 5.52. The van der Waals surface area contributed by atoms with Crippen molar-refractivity contribution in [1.29, 1.82) is 0 Å². The monoisotopic (exact) mass is 340 g/mol. The quantitative estimate of drug-likeness (QED) is 0.565. The zero-order chi connectivity index (χ0) is 18.0. The molecule has 1 amide bonds. The van der Waals surface area contributed by atoms with Crippen molar-refractivity contribution in [3.05, 3.63) is 69.8 Å². The Morgan fingerprint density at radius 1 is 1.36 bits per heavy atom. The molecule has 1 aromatic carbocycles. The summed E-state index contributed by atoms with van der Waals surface area (Å²) in [6.45, 7) is 2.06. The molecule has 0 saturated carbocycles. The molecular formula is C16H16N6O3. The maximum atomic E-state index is 12.5. The predicted molar refractivity (Wildman–Crippen MR) is 90.3 cm³/mol. The first kappa shape index (κ1) is 16.4. The average molecular weight is 340 g/mol. The molecule has 0 spiro atoms. The molecule has 0 bridgehead atoms. The topological polar surface area (TPSA) is 108 Å². The van der Waals surface area contributed by atoms with Crippen LogP contribution in [0.15, 0.2) is 42.7 Å². The van der Waals surface area contributed by atoms with Crippen LogP contribution in [-0.2, 0) is 13.6 Å². The van der Waals surface area contributed by atoms with Crippen molar-refractivity contribution < 1.29 is 9.72 Å². The Kier molecular flexibility index (Phi) is 4.29. The van der Waals surface area contributed by atoms with E-state index in [1.807, 2.05) is 18.3 Å². The number of rotatable bonds is 5. The third-order valence-corrected chi connectivity index (χ3v) is 3.68. The van der Waals surface area contributed by atoms with Crippen LogP contribution in [0.1, 0.15) is 21.7 Å². The van der Waals surface area contributed by atoms with Crippen LogP contribution in [0.3, 0.4) is 0 Å². The van der Waals surface area contributed by atoms with Crippen molar-refractivity contribution in [2.24, 2.45) is 7.05 Å². The number of carbonyl (C=O) groups excluding carboxylic acids is 1. The number of aryl methyl sites for hydroxylation is 2. The molecule has 0 atom stereocenters. The van der Waals surface area contributed by atoms with E-state index in [4.69, 9.17) is 0 Å². The molecule has 0 aliphatic carbocycles. The van der Waals surface area contributed by atoms with E-state index in [0.717, 1.165) is 5.56 Å². The summed E-state index contributed by atoms with van der Waals surface area (Å²) < 4.78 is 2.98. The summed E-state index contributed by atoms with van der Waals surface area (Å²) in [5.74, 6) is -0.578. The lowest BCUT2D eigenvalue weighted by molar-refractivity contribution is -0.385. The summed E-state index contributed by atoms with van der Waals surface area (Å²) in [4.78, 5) is 23.1. The van der Waals surface area contributed by atoms with E-state index in [1.165, 1.54) is 18.7 Å². The first-order valence-electron chi connectivity index (χ1n) is 7.51. The molecule has 0 fully saturated rings. The number of hydrogen-bond acceptors (Lipinski definition) is 5. The number of anilines is 1. The fourth-order valence-electron chi connectivity index (χ4n) is 2.64. The molecular weight excluding hydrogens is 324 g/mol. The summed E-state index contributed by atoms with van der Waals surface area (Å²) in [5, 5.41) is 22.0. The minimum Gasteiger partial charge on any atom is -0.320 e. The van der Waals surface area contributed by atoms with Gasteiger partial charge in [-0.3, -0.25) is 24.3 Å². The van der Waals surface area contributed by atoms with Gasteiger partial charge in [0, 0.05) is 25.1 Å². The summed E-state index contributed by atoms with van der Waals surface area (Å²) in [7, 11) is 1.50. The SMILES string of the molecule is Cc1nn(C)c(C(=O)Nc2cccc(Cn3cccn3)c2)c1[N+](=O)[O-]. The third kappa shape index (κ3) is 3.39. The molecule has 2 heterocycles. The number of aromatic nitrogens is 4. The smallest absolute Gasteiger partial charge is 0.320 e. The van der Waals surface area contributed by atoms with Crippen molar-refractivity contribution in [2.75, 3.05) is 5.32 Å². The normalized spacial score (nSPS) is 10.6. The first-order valence-corrected chi connectivity index (χ1v) is 7.51. The predicted octanol–water partition coefficient (Wildman–Crippen LogP) is 2.13. The van der Waals surface area contributed by atoms with Gasteiger partial charge in [0.15, 0.2) is 0 Å². The van der Waals surface area contributed by atoms with E-state index in [1.54, 1.807) is 29.1 Å². The van der Waals surface area contributed by atoms with Gasteiger partial charge in [-0.2, -0.15) is 10.2 Å². The van der Waals surface area contributed by atoms with E-state index in [2.05, 4.69) is 15.5 Å². The van der Waals surface area contributed by atoms with Crippen LogP contribution in [-0.4, -0.2) is 30.4 Å². The lowest BCUT2D eigenvalue weighted by Gasteiger charge is -2.08. The number of nitro groups is 1. The standard InChI is InChI=1S/C16H16N6O3/c1-11-14(22(24)25)15(20(2)19-11)16(23)18-13-6-3-5-12(9-13)10-21-8-4-7-17-21/h3-9H,10H2,1-2H3,(H,18,23). The van der Waals surface area contributed by atoms with E-state index < -0.39 is 10.8 Å². The largest absolute Gasteiger partial charge is 0.322 e. The van der Waals surface area contributed by atoms with Crippen molar-refractivity contribution >= 4 is 17.3 Å². The van der Waals surface area contributed by atoms with E-state index in [-0.39, 0.29) is 17.1 Å². The van der Waals surface area contributed by atoms with Gasteiger partial charge in [0.25, 0.3) is 5.91 Å². The number of carbonyl (C=O) groups is 1. The van der Waals surface area contributed by atoms with E-state index in [9.17, 15) is 14.9 Å². The lowest BCUT2D eigenvalue weighted by Crippen LogP contribution is -2.17. The van der Waals surface area contributed by atoms with Gasteiger partial charge in [0.1, 0.15) is 5.69 Å². The number of nitrogens with zero attached hydrogens (tertiary/aromatic N) is 5. The van der Waals surface area contributed by atoms with Gasteiger partial charge in [-0.05, 0) is 30.7 Å². The highest BCUT2D eigenvalue weighted by atomic mass is 16.6. The summed E-state index contributed by atoms with van der Waals surface area (Å²) in [6, 6.07) is 9.06. The molecule has 0 aliphatic rings. The zero-order valence-electron chi connectivity index (χ0n) is 13.7. The lowest BCUT2D eigenvalue weighted by atomic mass is 10.2. The number of benzene rings is 1. The minimum atomic E-state index is -0.592. The summed E-state index contributed by atoms with van der Waals surface area (Å²) in [5.41, 5.74) is 1.32. The maximum absolute atomic E-state index is 12.5. The minimum absolute atomic E-state index is 0.0834. The molecule has 3 rings (SSSR count). The van der Waals surface area contributed by atoms with Crippen LogP contribution in [0, 0.1) is 17.0 Å². The molecule has 1 N–H and O–H groups in total. The van der Waals surface area contributed by atoms with Crippen molar-refractivity contribution in [3.63, 3.8) is 0 Å². The van der Waals surface area contributed by atoms with Crippen LogP contribution in [0.25, 0.3) is 0 Å². The third-order valence-electron chi connectivity index (χ3n) is 3.68. The van der Waals surface area contributed by atoms with Gasteiger partial charge < -0.3 is 5.32 Å².